The number of urea groups is 1. The number of fused-ring (bicyclic) bond motifs is 5. The maximum Gasteiger partial charge on any atom is 0.412 e. The zero-order valence-electron chi connectivity index (χ0n) is 48.0. The molecule has 10 N–H and O–H groups in total. The Hall–Kier alpha value is -5.97. The van der Waals surface area contributed by atoms with E-state index in [9.17, 15) is 43.5 Å². The van der Waals surface area contributed by atoms with Crippen LogP contribution in [0.5, 0.6) is 5.75 Å². The number of nitrogens with two attached hydrogens (primary N) is 1. The highest BCUT2D eigenvalue weighted by atomic mass is 79.9. The molecule has 0 spiro atoms. The van der Waals surface area contributed by atoms with Crippen molar-refractivity contribution in [1.29, 1.82) is 0 Å². The van der Waals surface area contributed by atoms with Crippen LogP contribution in [0.4, 0.5) is 40.2 Å². The number of nitrogens with zero attached hydrogens (tertiary/aromatic N) is 1. The van der Waals surface area contributed by atoms with Crippen LogP contribution < -0.4 is 52.6 Å². The molecule has 0 radical (unpaired) electrons. The number of epoxide rings is 1. The van der Waals surface area contributed by atoms with Gasteiger partial charge in [0.15, 0.2) is 5.72 Å². The van der Waals surface area contributed by atoms with Crippen LogP contribution in [0.1, 0.15) is 85.1 Å². The van der Waals surface area contributed by atoms with Crippen LogP contribution in [0.15, 0.2) is 48.1 Å². The van der Waals surface area contributed by atoms with Crippen LogP contribution in [0.2, 0.25) is 5.02 Å². The number of carbonyl (C=O) groups is 8. The van der Waals surface area contributed by atoms with E-state index in [4.69, 9.17) is 41.0 Å². The van der Waals surface area contributed by atoms with Crippen LogP contribution in [-0.2, 0) is 49.3 Å². The minimum Gasteiger partial charge on any atom is -0.495 e. The van der Waals surface area contributed by atoms with Gasteiger partial charge in [-0.2, -0.15) is 0 Å². The maximum atomic E-state index is 16.1. The van der Waals surface area contributed by atoms with E-state index >= 15 is 8.78 Å². The van der Waals surface area contributed by atoms with Crippen LogP contribution in [-0.4, -0.2) is 152 Å². The lowest BCUT2D eigenvalue weighted by atomic mass is 9.83. The first-order valence-corrected chi connectivity index (χ1v) is 30.0. The molecule has 8 amide bonds. The summed E-state index contributed by atoms with van der Waals surface area (Å²) in [7, 11) is 4.24. The fourth-order valence-corrected chi connectivity index (χ4v) is 11.9. The van der Waals surface area contributed by atoms with Crippen molar-refractivity contribution in [3.63, 3.8) is 0 Å². The Bertz CT molecular complexity index is 2780. The number of halogens is 5. The molecule has 2 aromatic carbocycles. The summed E-state index contributed by atoms with van der Waals surface area (Å²) in [6.45, 7) is 8.87. The molecule has 3 aliphatic heterocycles. The van der Waals surface area contributed by atoms with Gasteiger partial charge >= 0.3 is 18.2 Å². The summed E-state index contributed by atoms with van der Waals surface area (Å²) in [4.78, 5) is 106. The highest BCUT2D eigenvalue weighted by molar-refractivity contribution is 9.09. The molecular weight excluding hydrogens is 1260 g/mol. The molecule has 28 heteroatoms. The molecule has 0 aromatic heterocycles. The summed E-state index contributed by atoms with van der Waals surface area (Å²) >= 11 is 13.4. The molecule has 2 fully saturated rings. The molecule has 0 aliphatic carbocycles. The molecule has 1 unspecified atom stereocenters. The number of alkyl halides is 2. The van der Waals surface area contributed by atoms with Gasteiger partial charge in [0.1, 0.15) is 58.6 Å². The standard InChI is InChI=1S/C56H76Br2ClF2N9O14/c1-29(2)47(65-34(28-71)14-9-10-17-63-49(73)33(26-57)27-58)51(75)66-37(15-12-18-64-52(62)76)50(74)67-38-22-36(61)39(23-35(38)60)68-53(77)83-44-24-45(72)70(6)40-20-32(21-41(80-7)46(40)59)19-30(3)13-11-16-43(81-8)56(79)25-42(82-54(78)69-56)31(4)48-55(44,5)84-48/h11,13,16,20-23,28-29,31,33-34,37,42-44,47-48,65,79H,9-10,12,14-15,17-19,24-27H2,1-8H3,(H,63,73)(H,66,75)(H,67,74)(H,68,77)(H,69,78)(H3,62,64,76)/b16-11+,30-13+/t31-,34?,37+,42+,43-,44+,47+,48+,55+,56+/m1/s1. The Balaban J connectivity index is 1.36. The Labute approximate surface area is 508 Å². The minimum atomic E-state index is -1.96. The Morgan fingerprint density at radius 3 is 2.26 bits per heavy atom. The number of anilines is 3. The molecule has 3 heterocycles. The monoisotopic (exact) mass is 1330 g/mol. The van der Waals surface area contributed by atoms with E-state index in [1.165, 1.54) is 26.2 Å². The molecule has 4 bridgehead atoms. The fraction of sp³-hybridized carbons (Fsp3) is 0.571. The number of hydrogen-bond donors (Lipinski definition) is 9. The number of ether oxygens (including phenoxy) is 5. The van der Waals surface area contributed by atoms with Crippen molar-refractivity contribution in [2.75, 3.05) is 60.6 Å². The van der Waals surface area contributed by atoms with Crippen molar-refractivity contribution in [3.8, 4) is 5.75 Å². The number of nitrogens with one attached hydrogen (secondary N) is 7. The minimum absolute atomic E-state index is 0.0159. The van der Waals surface area contributed by atoms with Gasteiger partial charge in [0.05, 0.1) is 54.7 Å². The number of amides is 8. The van der Waals surface area contributed by atoms with E-state index in [0.717, 1.165) is 5.57 Å². The van der Waals surface area contributed by atoms with Gasteiger partial charge < -0.3 is 65.5 Å². The van der Waals surface area contributed by atoms with Crippen LogP contribution in [0.25, 0.3) is 0 Å². The summed E-state index contributed by atoms with van der Waals surface area (Å²) in [5.74, 6) is -6.07. The zero-order valence-corrected chi connectivity index (χ0v) is 52.0. The third-order valence-electron chi connectivity index (χ3n) is 14.8. The van der Waals surface area contributed by atoms with E-state index in [-0.39, 0.29) is 54.1 Å². The summed E-state index contributed by atoms with van der Waals surface area (Å²) < 4.78 is 61.1. The van der Waals surface area contributed by atoms with Crippen molar-refractivity contribution < 1.29 is 75.9 Å². The highest BCUT2D eigenvalue weighted by Gasteiger charge is 2.64. The average molecular weight is 1330 g/mol. The first-order chi connectivity index (χ1) is 39.7. The molecule has 464 valence electrons. The third-order valence-corrected chi connectivity index (χ3v) is 16.8. The SMILES string of the molecule is COc1cc2cc(c1Cl)N(C)C(=O)C[C@H](OC(=O)Nc1cc(F)c(NC(=O)[C@H](CCCNC(N)=O)NC(=O)[C@@H](NC(C=O)CCCCNC(=O)C(CBr)CBr)C(C)C)cc1F)[C@]1(C)O[C@H]1[C@H](C)[C@@H]1C[C@@](O)(NC(=O)O1)[C@H](OC)/C=C/C=C(\C)C2. The predicted octanol–water partition coefficient (Wildman–Crippen LogP) is 6.40. The van der Waals surface area contributed by atoms with Gasteiger partial charge in [0, 0.05) is 62.4 Å². The van der Waals surface area contributed by atoms with E-state index < -0.39 is 131 Å². The van der Waals surface area contributed by atoms with Gasteiger partial charge in [-0.1, -0.05) is 88.0 Å². The number of methoxy groups -OCH3 is 2. The Morgan fingerprint density at radius 2 is 1.64 bits per heavy atom. The lowest BCUT2D eigenvalue weighted by Crippen LogP contribution is -2.63. The fourth-order valence-electron chi connectivity index (χ4n) is 9.90. The molecule has 23 nitrogen and oxygen atoms in total. The number of aliphatic hydroxyl groups is 1. The lowest BCUT2D eigenvalue weighted by Gasteiger charge is -2.42. The van der Waals surface area contributed by atoms with E-state index in [0.29, 0.717) is 66.9 Å². The van der Waals surface area contributed by atoms with Gasteiger partial charge in [-0.3, -0.25) is 35.1 Å². The quantitative estimate of drug-likeness (QED) is 0.0238. The number of rotatable bonds is 24. The summed E-state index contributed by atoms with van der Waals surface area (Å²) in [5.41, 5.74) is 2.10. The Kier molecular flexibility index (Phi) is 25.7. The number of carbonyl (C=O) groups excluding carboxylic acids is 8. The first kappa shape index (κ1) is 68.8. The molecule has 2 aromatic rings. The van der Waals surface area contributed by atoms with Gasteiger partial charge in [-0.05, 0) is 76.0 Å². The number of benzene rings is 2. The van der Waals surface area contributed by atoms with Crippen molar-refractivity contribution in [3.05, 3.63) is 70.3 Å². The van der Waals surface area contributed by atoms with Gasteiger partial charge in [-0.25, -0.2) is 23.2 Å². The van der Waals surface area contributed by atoms with E-state index in [2.05, 4.69) is 69.1 Å². The molecule has 10 atom stereocenters. The summed E-state index contributed by atoms with van der Waals surface area (Å²) in [6.07, 6.45) is -0.0990. The summed E-state index contributed by atoms with van der Waals surface area (Å²) in [6, 6.07) is 0.505. The topological polar surface area (TPSA) is 320 Å². The maximum absolute atomic E-state index is 16.1. The predicted molar refractivity (Wildman–Crippen MR) is 316 cm³/mol. The first-order valence-electron chi connectivity index (χ1n) is 27.3. The van der Waals surface area contributed by atoms with Crippen molar-refractivity contribution in [2.45, 2.75) is 140 Å². The van der Waals surface area contributed by atoms with Crippen LogP contribution in [0, 0.1) is 29.4 Å². The molecule has 2 saturated heterocycles. The van der Waals surface area contributed by atoms with E-state index in [1.54, 1.807) is 58.1 Å². The van der Waals surface area contributed by atoms with Gasteiger partial charge in [0.25, 0.3) is 0 Å². The van der Waals surface area contributed by atoms with Crippen LogP contribution in [0.3, 0.4) is 0 Å². The highest BCUT2D eigenvalue weighted by Crippen LogP contribution is 2.49. The number of allylic oxidation sites excluding steroid dienone is 3. The second-order valence-corrected chi connectivity index (χ2v) is 23.2. The van der Waals surface area contributed by atoms with Crippen molar-refractivity contribution >= 4 is 109 Å². The summed E-state index contributed by atoms with van der Waals surface area (Å²) in [5, 5.41) is 30.8. The van der Waals surface area contributed by atoms with Crippen molar-refractivity contribution in [1.82, 2.24) is 26.6 Å². The van der Waals surface area contributed by atoms with E-state index in [1.807, 2.05) is 6.92 Å². The molecule has 3 aliphatic rings. The second-order valence-electron chi connectivity index (χ2n) is 21.5. The molecular formula is C56H76Br2ClF2N9O14. The normalized spacial score (nSPS) is 24.6. The van der Waals surface area contributed by atoms with Crippen LogP contribution >= 0.6 is 43.5 Å². The number of aldehydes is 1. The molecule has 0 saturated carbocycles. The smallest absolute Gasteiger partial charge is 0.412 e. The number of hydrogen-bond acceptors (Lipinski definition) is 15. The third kappa shape index (κ3) is 18.5. The molecule has 84 heavy (non-hydrogen) atoms. The van der Waals surface area contributed by atoms with Gasteiger partial charge in [0.2, 0.25) is 23.6 Å². The number of primary amides is 1. The number of alkyl carbamates (subject to hydrolysis) is 1. The van der Waals surface area contributed by atoms with Crippen molar-refractivity contribution in [2.24, 2.45) is 23.5 Å². The molecule has 5 rings (SSSR count). The average Bonchev–Trinajstić information content (AvgIpc) is 2.37. The zero-order chi connectivity index (χ0) is 62.2. The number of unbranched alkanes of at least 4 members (excludes halogenated alkanes) is 1. The lowest BCUT2D eigenvalue weighted by molar-refractivity contribution is -0.142. The largest absolute Gasteiger partial charge is 0.495 e. The Morgan fingerprint density at radius 1 is 0.976 bits per heavy atom. The second kappa shape index (κ2) is 31.4. The van der Waals surface area contributed by atoms with Gasteiger partial charge in [-0.15, -0.1) is 0 Å².